The first-order chi connectivity index (χ1) is 8.38. The minimum Gasteiger partial charge on any atom is -0.377 e. The van der Waals surface area contributed by atoms with Crippen molar-refractivity contribution in [2.45, 2.75) is 27.6 Å². The average Bonchev–Trinajstić information content (AvgIpc) is 2.99. The molecule has 0 bridgehead atoms. The van der Waals surface area contributed by atoms with E-state index in [1.54, 1.807) is 34.9 Å². The molecular weight excluding hydrogens is 274 g/mol. The van der Waals surface area contributed by atoms with Crippen LogP contribution >= 0.6 is 34.9 Å². The van der Waals surface area contributed by atoms with Crippen molar-refractivity contribution in [1.82, 2.24) is 15.5 Å². The van der Waals surface area contributed by atoms with Gasteiger partial charge in [-0.25, -0.2) is 0 Å². The highest BCUT2D eigenvalue weighted by atomic mass is 32.2. The molecule has 17 heavy (non-hydrogen) atoms. The van der Waals surface area contributed by atoms with Gasteiger partial charge in [-0.1, -0.05) is 34.9 Å². The van der Waals surface area contributed by atoms with Gasteiger partial charge < -0.3 is 10.1 Å². The molecule has 1 N–H and O–H groups in total. The van der Waals surface area contributed by atoms with E-state index in [0.717, 1.165) is 34.1 Å². The minimum atomic E-state index is 0.435. The molecule has 1 atom stereocenters. The lowest BCUT2D eigenvalue weighted by Crippen LogP contribution is -2.27. The number of aromatic nitrogens is 2. The average molecular weight is 291 g/mol. The smallest absolute Gasteiger partial charge is 0.175 e. The van der Waals surface area contributed by atoms with Gasteiger partial charge in [0.1, 0.15) is 0 Å². The lowest BCUT2D eigenvalue weighted by Gasteiger charge is -2.09. The lowest BCUT2D eigenvalue weighted by atomic mass is 10.2. The van der Waals surface area contributed by atoms with Crippen LogP contribution in [0.1, 0.15) is 12.8 Å². The summed E-state index contributed by atoms with van der Waals surface area (Å²) >= 11 is 5.08. The molecule has 2 rings (SSSR count). The Labute approximate surface area is 114 Å². The number of ether oxygens (including phenoxy) is 1. The molecule has 0 aliphatic carbocycles. The van der Waals surface area contributed by atoms with Gasteiger partial charge in [-0.3, -0.25) is 0 Å². The molecule has 0 radical (unpaired) electrons. The van der Waals surface area contributed by atoms with Crippen LogP contribution in [0.4, 0.5) is 0 Å². The van der Waals surface area contributed by atoms with Crippen LogP contribution in [0.3, 0.4) is 0 Å². The summed E-state index contributed by atoms with van der Waals surface area (Å²) in [5.41, 5.74) is 0. The summed E-state index contributed by atoms with van der Waals surface area (Å²) in [5.74, 6) is 1.04. The lowest BCUT2D eigenvalue weighted by molar-refractivity contribution is 0.110. The predicted molar refractivity (Wildman–Crippen MR) is 74.3 cm³/mol. The summed E-state index contributed by atoms with van der Waals surface area (Å²) in [7, 11) is 0. The van der Waals surface area contributed by atoms with Crippen molar-refractivity contribution in [3.63, 3.8) is 0 Å². The van der Waals surface area contributed by atoms with Gasteiger partial charge in [-0.2, -0.15) is 0 Å². The number of rotatable bonds is 7. The first-order valence-corrected chi connectivity index (χ1v) is 8.74. The third kappa shape index (κ3) is 4.75. The zero-order valence-corrected chi connectivity index (χ0v) is 12.3. The van der Waals surface area contributed by atoms with Crippen molar-refractivity contribution in [3.8, 4) is 0 Å². The summed E-state index contributed by atoms with van der Waals surface area (Å²) in [4.78, 5) is 0. The van der Waals surface area contributed by atoms with Crippen LogP contribution in [0.2, 0.25) is 0 Å². The molecule has 1 unspecified atom stereocenters. The van der Waals surface area contributed by atoms with Crippen molar-refractivity contribution >= 4 is 34.9 Å². The predicted octanol–water partition coefficient (Wildman–Crippen LogP) is 2.12. The molecule has 1 fully saturated rings. The Morgan fingerprint density at radius 3 is 3.06 bits per heavy atom. The van der Waals surface area contributed by atoms with Crippen molar-refractivity contribution in [2.75, 3.05) is 31.7 Å². The normalized spacial score (nSPS) is 19.9. The van der Waals surface area contributed by atoms with E-state index in [2.05, 4.69) is 15.5 Å². The zero-order valence-electron chi connectivity index (χ0n) is 9.85. The van der Waals surface area contributed by atoms with Crippen LogP contribution in [0.25, 0.3) is 0 Å². The first-order valence-electron chi connectivity index (χ1n) is 5.71. The van der Waals surface area contributed by atoms with Crippen LogP contribution in [-0.4, -0.2) is 48.0 Å². The number of hydrogen-bond donors (Lipinski definition) is 1. The topological polar surface area (TPSA) is 47.0 Å². The molecule has 96 valence electrons. The molecule has 0 aromatic carbocycles. The van der Waals surface area contributed by atoms with Gasteiger partial charge in [0.05, 0.1) is 6.10 Å². The maximum absolute atomic E-state index is 5.54. The SMILES string of the molecule is CSc1nnc(SCCNCC2CCCO2)s1. The third-order valence-electron chi connectivity index (χ3n) is 2.46. The summed E-state index contributed by atoms with van der Waals surface area (Å²) in [6, 6.07) is 0. The van der Waals surface area contributed by atoms with Crippen LogP contribution in [0.5, 0.6) is 0 Å². The highest BCUT2D eigenvalue weighted by molar-refractivity contribution is 8.02. The van der Waals surface area contributed by atoms with E-state index in [4.69, 9.17) is 4.74 Å². The fraction of sp³-hybridized carbons (Fsp3) is 0.800. The summed E-state index contributed by atoms with van der Waals surface area (Å²) in [5, 5.41) is 11.6. The van der Waals surface area contributed by atoms with Gasteiger partial charge in [-0.05, 0) is 19.1 Å². The van der Waals surface area contributed by atoms with Gasteiger partial charge >= 0.3 is 0 Å². The monoisotopic (exact) mass is 291 g/mol. The fourth-order valence-corrected chi connectivity index (χ4v) is 4.02. The second-order valence-electron chi connectivity index (χ2n) is 3.73. The van der Waals surface area contributed by atoms with E-state index in [-0.39, 0.29) is 0 Å². The Kier molecular flexibility index (Phi) is 6.07. The Bertz CT molecular complexity index is 328. The molecule has 0 spiro atoms. The van der Waals surface area contributed by atoms with E-state index in [9.17, 15) is 0 Å². The highest BCUT2D eigenvalue weighted by Crippen LogP contribution is 2.26. The van der Waals surface area contributed by atoms with Crippen LogP contribution in [-0.2, 0) is 4.74 Å². The molecule has 4 nitrogen and oxygen atoms in total. The summed E-state index contributed by atoms with van der Waals surface area (Å²) in [6.45, 7) is 2.91. The van der Waals surface area contributed by atoms with E-state index in [1.807, 2.05) is 6.26 Å². The molecule has 0 saturated carbocycles. The first kappa shape index (κ1) is 13.6. The minimum absolute atomic E-state index is 0.435. The van der Waals surface area contributed by atoms with Gasteiger partial charge in [0.15, 0.2) is 8.68 Å². The standard InChI is InChI=1S/C10H17N3OS3/c1-15-9-12-13-10(17-9)16-6-4-11-7-8-3-2-5-14-8/h8,11H,2-7H2,1H3. The van der Waals surface area contributed by atoms with E-state index in [1.165, 1.54) is 12.8 Å². The van der Waals surface area contributed by atoms with E-state index < -0.39 is 0 Å². The van der Waals surface area contributed by atoms with Gasteiger partial charge in [-0.15, -0.1) is 10.2 Å². The van der Waals surface area contributed by atoms with Crippen molar-refractivity contribution < 1.29 is 4.74 Å². The third-order valence-corrected chi connectivity index (χ3v) is 5.50. The largest absolute Gasteiger partial charge is 0.377 e. The fourth-order valence-electron chi connectivity index (χ4n) is 1.62. The molecule has 7 heteroatoms. The summed E-state index contributed by atoms with van der Waals surface area (Å²) in [6.07, 6.45) is 4.87. The number of thioether (sulfide) groups is 2. The number of nitrogens with one attached hydrogen (secondary N) is 1. The van der Waals surface area contributed by atoms with E-state index >= 15 is 0 Å². The van der Waals surface area contributed by atoms with Crippen molar-refractivity contribution in [1.29, 1.82) is 0 Å². The molecule has 1 aromatic heterocycles. The number of hydrogen-bond acceptors (Lipinski definition) is 7. The zero-order chi connectivity index (χ0) is 11.9. The Balaban J connectivity index is 1.53. The van der Waals surface area contributed by atoms with Gasteiger partial charge in [0.25, 0.3) is 0 Å². The van der Waals surface area contributed by atoms with Gasteiger partial charge in [0, 0.05) is 25.4 Å². The molecule has 2 heterocycles. The molecular formula is C10H17N3OS3. The molecule has 1 aromatic rings. The molecule has 1 aliphatic rings. The Morgan fingerprint density at radius 1 is 1.47 bits per heavy atom. The van der Waals surface area contributed by atoms with Gasteiger partial charge in [0.2, 0.25) is 0 Å². The van der Waals surface area contributed by atoms with Crippen LogP contribution in [0, 0.1) is 0 Å². The van der Waals surface area contributed by atoms with Crippen LogP contribution < -0.4 is 5.32 Å². The van der Waals surface area contributed by atoms with E-state index in [0.29, 0.717) is 6.10 Å². The summed E-state index contributed by atoms with van der Waals surface area (Å²) < 4.78 is 7.65. The second kappa shape index (κ2) is 7.58. The highest BCUT2D eigenvalue weighted by Gasteiger charge is 2.14. The maximum atomic E-state index is 5.54. The quantitative estimate of drug-likeness (QED) is 0.613. The van der Waals surface area contributed by atoms with Crippen LogP contribution in [0.15, 0.2) is 8.68 Å². The number of nitrogens with zero attached hydrogens (tertiary/aromatic N) is 2. The molecule has 1 aliphatic heterocycles. The Morgan fingerprint density at radius 2 is 2.35 bits per heavy atom. The molecule has 0 amide bonds. The van der Waals surface area contributed by atoms with Crippen molar-refractivity contribution in [3.05, 3.63) is 0 Å². The molecule has 1 saturated heterocycles. The van der Waals surface area contributed by atoms with Crippen molar-refractivity contribution in [2.24, 2.45) is 0 Å². The maximum Gasteiger partial charge on any atom is 0.175 e. The Hall–Kier alpha value is 0.180. The second-order valence-corrected chi connectivity index (χ2v) is 7.10.